The Balaban J connectivity index is 1.56. The summed E-state index contributed by atoms with van der Waals surface area (Å²) in [6.07, 6.45) is 1.09. The van der Waals surface area contributed by atoms with Crippen LogP contribution in [-0.2, 0) is 6.42 Å². The minimum Gasteiger partial charge on any atom is -0.399 e. The number of amides is 1. The molecule has 2 unspecified atom stereocenters. The fourth-order valence-corrected chi connectivity index (χ4v) is 4.31. The Morgan fingerprint density at radius 2 is 2.04 bits per heavy atom. The van der Waals surface area contributed by atoms with E-state index in [0.29, 0.717) is 29.9 Å². The Morgan fingerprint density at radius 1 is 1.30 bits per heavy atom. The van der Waals surface area contributed by atoms with Crippen LogP contribution in [0.1, 0.15) is 40.7 Å². The molecule has 0 saturated heterocycles. The van der Waals surface area contributed by atoms with Crippen LogP contribution in [0.2, 0.25) is 0 Å². The van der Waals surface area contributed by atoms with E-state index in [1.807, 2.05) is 11.3 Å². The van der Waals surface area contributed by atoms with Crippen molar-refractivity contribution in [2.24, 2.45) is 0 Å². The fourth-order valence-electron chi connectivity index (χ4n) is 3.30. The summed E-state index contributed by atoms with van der Waals surface area (Å²) in [5.41, 5.74) is 8.45. The van der Waals surface area contributed by atoms with Gasteiger partial charge in [-0.2, -0.15) is 0 Å². The maximum atomic E-state index is 12.1. The van der Waals surface area contributed by atoms with E-state index in [2.05, 4.69) is 35.5 Å². The number of carbonyl (C=O) groups excluding carboxylic acids is 1. The molecule has 1 aliphatic rings. The molecule has 2 heterocycles. The van der Waals surface area contributed by atoms with Gasteiger partial charge in [0.25, 0.3) is 5.91 Å². The molecule has 1 amide bonds. The van der Waals surface area contributed by atoms with E-state index in [-0.39, 0.29) is 5.91 Å². The summed E-state index contributed by atoms with van der Waals surface area (Å²) in [6, 6.07) is 10.2. The van der Waals surface area contributed by atoms with E-state index in [1.165, 1.54) is 10.4 Å². The van der Waals surface area contributed by atoms with Crippen molar-refractivity contribution in [3.8, 4) is 0 Å². The van der Waals surface area contributed by atoms with Crippen LogP contribution in [0.3, 0.4) is 0 Å². The number of anilines is 1. The van der Waals surface area contributed by atoms with E-state index in [0.717, 1.165) is 13.0 Å². The highest BCUT2D eigenvalue weighted by molar-refractivity contribution is 7.10. The summed E-state index contributed by atoms with van der Waals surface area (Å²) in [7, 11) is 0. The molecule has 3 rings (SSSR count). The van der Waals surface area contributed by atoms with Crippen LogP contribution in [0.15, 0.2) is 35.7 Å². The van der Waals surface area contributed by atoms with Crippen LogP contribution >= 0.6 is 11.3 Å². The zero-order valence-electron chi connectivity index (χ0n) is 13.6. The van der Waals surface area contributed by atoms with Gasteiger partial charge in [-0.25, -0.2) is 0 Å². The third-order valence-corrected chi connectivity index (χ3v) is 5.70. The highest BCUT2D eigenvalue weighted by Gasteiger charge is 2.29. The third-order valence-electron chi connectivity index (χ3n) is 4.57. The largest absolute Gasteiger partial charge is 0.399 e. The van der Waals surface area contributed by atoms with Crippen molar-refractivity contribution in [2.45, 2.75) is 32.4 Å². The first-order valence-electron chi connectivity index (χ1n) is 8.02. The van der Waals surface area contributed by atoms with Gasteiger partial charge in [-0.15, -0.1) is 11.3 Å². The topological polar surface area (TPSA) is 58.4 Å². The number of hydrogen-bond acceptors (Lipinski definition) is 4. The van der Waals surface area contributed by atoms with Gasteiger partial charge in [0.15, 0.2) is 0 Å². The maximum absolute atomic E-state index is 12.1. The van der Waals surface area contributed by atoms with E-state index < -0.39 is 0 Å². The molecule has 1 aromatic carbocycles. The number of thiophene rings is 1. The molecule has 0 aliphatic carbocycles. The summed E-state index contributed by atoms with van der Waals surface area (Å²) in [5, 5.41) is 5.19. The van der Waals surface area contributed by atoms with Crippen LogP contribution in [0.5, 0.6) is 0 Å². The predicted octanol–water partition coefficient (Wildman–Crippen LogP) is 3.07. The van der Waals surface area contributed by atoms with Crippen molar-refractivity contribution < 1.29 is 4.79 Å². The molecule has 5 heteroatoms. The Hall–Kier alpha value is -1.85. The molecule has 122 valence electrons. The van der Waals surface area contributed by atoms with Crippen molar-refractivity contribution in [3.05, 3.63) is 51.7 Å². The second kappa shape index (κ2) is 6.72. The van der Waals surface area contributed by atoms with Crippen LogP contribution in [-0.4, -0.2) is 29.9 Å². The number of benzene rings is 1. The highest BCUT2D eigenvalue weighted by Crippen LogP contribution is 2.35. The third kappa shape index (κ3) is 3.41. The summed E-state index contributed by atoms with van der Waals surface area (Å²) >= 11 is 1.84. The monoisotopic (exact) mass is 329 g/mol. The van der Waals surface area contributed by atoms with Crippen LogP contribution in [0, 0.1) is 0 Å². The molecule has 23 heavy (non-hydrogen) atoms. The van der Waals surface area contributed by atoms with Gasteiger partial charge in [-0.05, 0) is 61.5 Å². The van der Waals surface area contributed by atoms with E-state index in [9.17, 15) is 4.79 Å². The number of rotatable bonds is 4. The molecule has 3 N–H and O–H groups in total. The molecule has 0 fully saturated rings. The lowest BCUT2D eigenvalue weighted by molar-refractivity contribution is 0.0930. The first-order valence-corrected chi connectivity index (χ1v) is 8.90. The van der Waals surface area contributed by atoms with E-state index in [4.69, 9.17) is 5.73 Å². The normalized spacial score (nSPS) is 21.0. The van der Waals surface area contributed by atoms with Crippen LogP contribution < -0.4 is 11.1 Å². The van der Waals surface area contributed by atoms with Gasteiger partial charge < -0.3 is 11.1 Å². The Kier molecular flexibility index (Phi) is 4.68. The molecule has 2 atom stereocenters. The smallest absolute Gasteiger partial charge is 0.251 e. The molecule has 0 radical (unpaired) electrons. The van der Waals surface area contributed by atoms with Gasteiger partial charge in [0.05, 0.1) is 0 Å². The number of fused-ring (bicyclic) bond motifs is 1. The van der Waals surface area contributed by atoms with E-state index in [1.54, 1.807) is 24.3 Å². The van der Waals surface area contributed by atoms with Gasteiger partial charge in [0.1, 0.15) is 0 Å². The van der Waals surface area contributed by atoms with Crippen LogP contribution in [0.25, 0.3) is 0 Å². The quantitative estimate of drug-likeness (QED) is 0.848. The number of hydrogen-bond donors (Lipinski definition) is 2. The van der Waals surface area contributed by atoms with Crippen LogP contribution in [0.4, 0.5) is 5.69 Å². The van der Waals surface area contributed by atoms with Gasteiger partial charge in [-0.1, -0.05) is 0 Å². The van der Waals surface area contributed by atoms with Crippen molar-refractivity contribution in [1.29, 1.82) is 0 Å². The number of nitrogens with two attached hydrogens (primary N) is 1. The van der Waals surface area contributed by atoms with Crippen molar-refractivity contribution in [2.75, 3.05) is 18.8 Å². The minimum absolute atomic E-state index is 0.0425. The lowest BCUT2D eigenvalue weighted by atomic mass is 9.97. The summed E-state index contributed by atoms with van der Waals surface area (Å²) in [6.45, 7) is 6.03. The van der Waals surface area contributed by atoms with Gasteiger partial charge in [-0.3, -0.25) is 9.69 Å². The Labute approximate surface area is 141 Å². The molecule has 0 saturated carbocycles. The average molecular weight is 329 g/mol. The lowest BCUT2D eigenvalue weighted by Crippen LogP contribution is -2.44. The zero-order chi connectivity index (χ0) is 16.4. The van der Waals surface area contributed by atoms with Gasteiger partial charge in [0.2, 0.25) is 0 Å². The molecule has 4 nitrogen and oxygen atoms in total. The minimum atomic E-state index is -0.0425. The standard InChI is InChI=1S/C18H23N3OS/c1-12-11-15-7-10-23-17(15)13(2)21(12)9-8-20-18(22)14-3-5-16(19)6-4-14/h3-7,10,12-13H,8-9,11,19H2,1-2H3,(H,20,22). The first-order chi connectivity index (χ1) is 11.1. The molecule has 2 aromatic rings. The number of nitrogen functional groups attached to an aromatic ring is 1. The predicted molar refractivity (Wildman–Crippen MR) is 95.8 cm³/mol. The van der Waals surface area contributed by atoms with Crippen molar-refractivity contribution in [1.82, 2.24) is 10.2 Å². The highest BCUT2D eigenvalue weighted by atomic mass is 32.1. The molecule has 1 aliphatic heterocycles. The lowest BCUT2D eigenvalue weighted by Gasteiger charge is -2.38. The zero-order valence-corrected chi connectivity index (χ0v) is 14.4. The van der Waals surface area contributed by atoms with Gasteiger partial charge >= 0.3 is 0 Å². The second-order valence-corrected chi connectivity index (χ2v) is 7.10. The molecular formula is C18H23N3OS. The summed E-state index contributed by atoms with van der Waals surface area (Å²) in [4.78, 5) is 16.1. The number of carbonyl (C=O) groups is 1. The second-order valence-electron chi connectivity index (χ2n) is 6.15. The number of nitrogens with one attached hydrogen (secondary N) is 1. The first kappa shape index (κ1) is 16.0. The maximum Gasteiger partial charge on any atom is 0.251 e. The Bertz CT molecular complexity index is 680. The van der Waals surface area contributed by atoms with Crippen molar-refractivity contribution >= 4 is 22.9 Å². The molecule has 0 spiro atoms. The average Bonchev–Trinajstić information content (AvgIpc) is 2.99. The molecule has 1 aromatic heterocycles. The van der Waals surface area contributed by atoms with E-state index >= 15 is 0 Å². The molecular weight excluding hydrogens is 306 g/mol. The van der Waals surface area contributed by atoms with Gasteiger partial charge in [0, 0.05) is 41.3 Å². The number of nitrogens with zero attached hydrogens (tertiary/aromatic N) is 1. The van der Waals surface area contributed by atoms with Crippen molar-refractivity contribution in [3.63, 3.8) is 0 Å². The summed E-state index contributed by atoms with van der Waals surface area (Å²) < 4.78 is 0. The SMILES string of the molecule is CC1Cc2ccsc2C(C)N1CCNC(=O)c1ccc(N)cc1. The Morgan fingerprint density at radius 3 is 2.78 bits per heavy atom. The fraction of sp³-hybridized carbons (Fsp3) is 0.389. The molecule has 0 bridgehead atoms. The summed E-state index contributed by atoms with van der Waals surface area (Å²) in [5.74, 6) is -0.0425.